The quantitative estimate of drug-likeness (QED) is 0.405. The van der Waals surface area contributed by atoms with Crippen molar-refractivity contribution in [3.05, 3.63) is 0 Å². The van der Waals surface area contributed by atoms with E-state index in [-0.39, 0.29) is 0 Å². The second kappa shape index (κ2) is 9.04. The van der Waals surface area contributed by atoms with Crippen LogP contribution in [-0.4, -0.2) is 26.2 Å². The van der Waals surface area contributed by atoms with Gasteiger partial charge in [0, 0.05) is 0 Å². The zero-order valence-corrected chi connectivity index (χ0v) is 6.69. The highest BCUT2D eigenvalue weighted by molar-refractivity contribution is 4.87. The average molecular weight is 150 g/mol. The Kier molecular flexibility index (Phi) is 8.25. The van der Waals surface area contributed by atoms with Crippen LogP contribution in [0.25, 0.3) is 0 Å². The highest BCUT2D eigenvalue weighted by Gasteiger charge is 1.84. The zero-order chi connectivity index (χ0) is 8.36. The maximum absolute atomic E-state index is 5.04. The smallest absolute Gasteiger partial charge is 0.0573 e. The molecule has 0 aliphatic heterocycles. The van der Waals surface area contributed by atoms with E-state index in [9.17, 15) is 0 Å². The van der Waals surface area contributed by atoms with Crippen molar-refractivity contribution < 1.29 is 0 Å². The second-order valence-electron chi connectivity index (χ2n) is 2.12. The van der Waals surface area contributed by atoms with Crippen molar-refractivity contribution in [1.29, 1.82) is 0 Å². The summed E-state index contributed by atoms with van der Waals surface area (Å²) in [4.78, 5) is 0. The van der Waals surface area contributed by atoms with E-state index >= 15 is 0 Å². The number of terminal acetylenes is 2. The molecular weight excluding hydrogens is 136 g/mol. The maximum atomic E-state index is 5.04. The lowest BCUT2D eigenvalue weighted by Gasteiger charge is -2.00. The molecule has 0 amide bonds. The maximum Gasteiger partial charge on any atom is 0.0573 e. The van der Waals surface area contributed by atoms with Gasteiger partial charge in [0.15, 0.2) is 0 Å². The first-order valence-electron chi connectivity index (χ1n) is 3.70. The fourth-order valence-electron chi connectivity index (χ4n) is 0.660. The zero-order valence-electron chi connectivity index (χ0n) is 6.69. The molecule has 0 bridgehead atoms. The molecule has 0 atom stereocenters. The van der Waals surface area contributed by atoms with Gasteiger partial charge in [-0.3, -0.25) is 0 Å². The third kappa shape index (κ3) is 9.04. The normalized spacial score (nSPS) is 8.55. The number of hydrogen-bond donors (Lipinski definition) is 2. The van der Waals surface area contributed by atoms with E-state index in [4.69, 9.17) is 12.8 Å². The van der Waals surface area contributed by atoms with Crippen molar-refractivity contribution in [3.8, 4) is 24.7 Å². The summed E-state index contributed by atoms with van der Waals surface area (Å²) < 4.78 is 0. The number of nitrogens with one attached hydrogen (secondary N) is 2. The number of rotatable bonds is 6. The van der Waals surface area contributed by atoms with Crippen molar-refractivity contribution in [1.82, 2.24) is 10.6 Å². The van der Waals surface area contributed by atoms with Gasteiger partial charge in [0.1, 0.15) is 0 Å². The Morgan fingerprint density at radius 2 is 1.36 bits per heavy atom. The van der Waals surface area contributed by atoms with Crippen LogP contribution < -0.4 is 10.6 Å². The van der Waals surface area contributed by atoms with Gasteiger partial charge in [-0.05, 0) is 19.5 Å². The molecule has 0 saturated carbocycles. The highest BCUT2D eigenvalue weighted by Crippen LogP contribution is 1.71. The first-order valence-corrected chi connectivity index (χ1v) is 3.70. The van der Waals surface area contributed by atoms with Crippen molar-refractivity contribution >= 4 is 0 Å². The van der Waals surface area contributed by atoms with Crippen LogP contribution in [0, 0.1) is 24.7 Å². The molecule has 2 heteroatoms. The minimum Gasteiger partial charge on any atom is -0.306 e. The lowest BCUT2D eigenvalue weighted by molar-refractivity contribution is 0.646. The largest absolute Gasteiger partial charge is 0.306 e. The molecule has 2 nitrogen and oxygen atoms in total. The van der Waals surface area contributed by atoms with E-state index in [1.165, 1.54) is 0 Å². The summed E-state index contributed by atoms with van der Waals surface area (Å²) in [5.41, 5.74) is 0. The lowest BCUT2D eigenvalue weighted by Crippen LogP contribution is -2.22. The molecule has 60 valence electrons. The summed E-state index contributed by atoms with van der Waals surface area (Å²) in [6, 6.07) is 0. The standard InChI is InChI=1S/C9H14N2/c1-3-6-10-8-5-9-11-7-4-2/h1-2,10-11H,5-9H2. The summed E-state index contributed by atoms with van der Waals surface area (Å²) in [5.74, 6) is 5.01. The van der Waals surface area contributed by atoms with E-state index in [1.54, 1.807) is 0 Å². The lowest BCUT2D eigenvalue weighted by atomic mass is 10.4. The Balaban J connectivity index is 2.82. The van der Waals surface area contributed by atoms with E-state index in [0.717, 1.165) is 19.5 Å². The Bertz CT molecular complexity index is 132. The predicted molar refractivity (Wildman–Crippen MR) is 48.0 cm³/mol. The van der Waals surface area contributed by atoms with E-state index < -0.39 is 0 Å². The molecule has 0 saturated heterocycles. The summed E-state index contributed by atoms with van der Waals surface area (Å²) >= 11 is 0. The van der Waals surface area contributed by atoms with E-state index in [2.05, 4.69) is 22.5 Å². The number of hydrogen-bond acceptors (Lipinski definition) is 2. The molecule has 0 aromatic rings. The molecule has 11 heavy (non-hydrogen) atoms. The molecule has 0 unspecified atom stereocenters. The molecular formula is C9H14N2. The van der Waals surface area contributed by atoms with Crippen LogP contribution in [0.1, 0.15) is 6.42 Å². The molecule has 0 radical (unpaired) electrons. The fourth-order valence-corrected chi connectivity index (χ4v) is 0.660. The van der Waals surface area contributed by atoms with Crippen LogP contribution in [0.15, 0.2) is 0 Å². The highest BCUT2D eigenvalue weighted by atomic mass is 14.9. The van der Waals surface area contributed by atoms with Gasteiger partial charge >= 0.3 is 0 Å². The van der Waals surface area contributed by atoms with Gasteiger partial charge in [0.2, 0.25) is 0 Å². The monoisotopic (exact) mass is 150 g/mol. The average Bonchev–Trinajstić information content (AvgIpc) is 2.03. The molecule has 0 rings (SSSR count). The Hall–Kier alpha value is -0.960. The predicted octanol–water partition coefficient (Wildman–Crippen LogP) is -0.178. The Morgan fingerprint density at radius 1 is 0.909 bits per heavy atom. The molecule has 0 fully saturated rings. The third-order valence-electron chi connectivity index (χ3n) is 1.16. The first kappa shape index (κ1) is 10.0. The van der Waals surface area contributed by atoms with Crippen molar-refractivity contribution in [2.45, 2.75) is 6.42 Å². The van der Waals surface area contributed by atoms with E-state index in [1.807, 2.05) is 0 Å². The Labute approximate surface area is 68.8 Å². The van der Waals surface area contributed by atoms with Crippen LogP contribution >= 0.6 is 0 Å². The molecule has 0 heterocycles. The summed E-state index contributed by atoms with van der Waals surface area (Å²) in [6.45, 7) is 3.19. The summed E-state index contributed by atoms with van der Waals surface area (Å²) in [6.07, 6.45) is 11.1. The van der Waals surface area contributed by atoms with Crippen molar-refractivity contribution in [2.75, 3.05) is 26.2 Å². The second-order valence-corrected chi connectivity index (χ2v) is 2.12. The summed E-state index contributed by atoms with van der Waals surface area (Å²) in [7, 11) is 0. The van der Waals surface area contributed by atoms with Crippen LogP contribution in [0.3, 0.4) is 0 Å². The van der Waals surface area contributed by atoms with Gasteiger partial charge < -0.3 is 10.6 Å². The van der Waals surface area contributed by atoms with Crippen LogP contribution in [0.4, 0.5) is 0 Å². The minimum atomic E-state index is 0.648. The molecule has 0 aliphatic rings. The molecule has 0 spiro atoms. The topological polar surface area (TPSA) is 24.1 Å². The van der Waals surface area contributed by atoms with Gasteiger partial charge in [-0.2, -0.15) is 0 Å². The fraction of sp³-hybridized carbons (Fsp3) is 0.556. The van der Waals surface area contributed by atoms with Gasteiger partial charge in [0.05, 0.1) is 13.1 Å². The van der Waals surface area contributed by atoms with Crippen LogP contribution in [0.2, 0.25) is 0 Å². The van der Waals surface area contributed by atoms with Crippen molar-refractivity contribution in [3.63, 3.8) is 0 Å². The van der Waals surface area contributed by atoms with Gasteiger partial charge in [-0.15, -0.1) is 12.8 Å². The molecule has 0 aromatic heterocycles. The minimum absolute atomic E-state index is 0.648. The summed E-state index contributed by atoms with van der Waals surface area (Å²) in [5, 5.41) is 6.17. The SMILES string of the molecule is C#CCNCCCNCC#C. The van der Waals surface area contributed by atoms with Gasteiger partial charge in [-0.25, -0.2) is 0 Å². The molecule has 2 N–H and O–H groups in total. The van der Waals surface area contributed by atoms with Gasteiger partial charge in [-0.1, -0.05) is 11.8 Å². The first-order chi connectivity index (χ1) is 5.41. The van der Waals surface area contributed by atoms with Crippen molar-refractivity contribution in [2.24, 2.45) is 0 Å². The molecule has 0 aliphatic carbocycles. The Morgan fingerprint density at radius 3 is 1.73 bits per heavy atom. The van der Waals surface area contributed by atoms with E-state index in [0.29, 0.717) is 13.1 Å². The molecule has 0 aromatic carbocycles. The van der Waals surface area contributed by atoms with Gasteiger partial charge in [0.25, 0.3) is 0 Å². The van der Waals surface area contributed by atoms with Crippen LogP contribution in [0.5, 0.6) is 0 Å². The third-order valence-corrected chi connectivity index (χ3v) is 1.16. The van der Waals surface area contributed by atoms with Crippen LogP contribution in [-0.2, 0) is 0 Å².